The number of anilines is 1. The number of nitrogen functional groups attached to an aromatic ring is 1. The van der Waals surface area contributed by atoms with Crippen molar-refractivity contribution in [1.82, 2.24) is 9.97 Å². The number of fused-ring (bicyclic) bond motifs is 1. The van der Waals surface area contributed by atoms with E-state index in [1.807, 2.05) is 0 Å². The Bertz CT molecular complexity index is 467. The van der Waals surface area contributed by atoms with Gasteiger partial charge in [0.15, 0.2) is 0 Å². The van der Waals surface area contributed by atoms with Gasteiger partial charge in [0.25, 0.3) is 0 Å². The molecular formula is C9H7N3O. The van der Waals surface area contributed by atoms with Crippen molar-refractivity contribution < 1.29 is 4.79 Å². The van der Waals surface area contributed by atoms with Crippen molar-refractivity contribution in [2.24, 2.45) is 0 Å². The van der Waals surface area contributed by atoms with Gasteiger partial charge in [-0.15, -0.1) is 0 Å². The number of benzene rings is 1. The van der Waals surface area contributed by atoms with E-state index in [-0.39, 0.29) is 0 Å². The number of nitrogens with two attached hydrogens (primary N) is 1. The van der Waals surface area contributed by atoms with Gasteiger partial charge in [0.05, 0.1) is 17.2 Å². The number of aldehydes is 1. The van der Waals surface area contributed by atoms with E-state index in [9.17, 15) is 4.79 Å². The van der Waals surface area contributed by atoms with E-state index in [1.165, 1.54) is 6.20 Å². The molecule has 1 aromatic heterocycles. The number of hydrogen-bond acceptors (Lipinski definition) is 4. The van der Waals surface area contributed by atoms with Gasteiger partial charge in [-0.25, -0.2) is 4.98 Å². The predicted octanol–water partition coefficient (Wildman–Crippen LogP) is 1.02. The molecule has 0 aliphatic rings. The second-order valence-electron chi connectivity index (χ2n) is 2.66. The third-order valence-corrected chi connectivity index (χ3v) is 1.72. The van der Waals surface area contributed by atoms with Crippen LogP contribution in [0.4, 0.5) is 5.82 Å². The van der Waals surface area contributed by atoms with Crippen molar-refractivity contribution in [2.45, 2.75) is 0 Å². The first-order chi connectivity index (χ1) is 6.29. The molecular weight excluding hydrogens is 166 g/mol. The molecule has 1 aromatic carbocycles. The molecule has 0 saturated carbocycles. The second-order valence-corrected chi connectivity index (χ2v) is 2.66. The molecule has 4 heteroatoms. The highest BCUT2D eigenvalue weighted by molar-refractivity contribution is 5.84. The number of carbonyl (C=O) groups is 1. The van der Waals surface area contributed by atoms with Crippen LogP contribution in [0.2, 0.25) is 0 Å². The van der Waals surface area contributed by atoms with Gasteiger partial charge >= 0.3 is 0 Å². The minimum absolute atomic E-state index is 0.381. The van der Waals surface area contributed by atoms with Crippen LogP contribution < -0.4 is 5.73 Å². The van der Waals surface area contributed by atoms with Crippen molar-refractivity contribution in [3.63, 3.8) is 0 Å². The van der Waals surface area contributed by atoms with Gasteiger partial charge in [0.2, 0.25) is 0 Å². The second kappa shape index (κ2) is 2.82. The Hall–Kier alpha value is -1.97. The van der Waals surface area contributed by atoms with Crippen LogP contribution in [0.15, 0.2) is 24.4 Å². The zero-order valence-corrected chi connectivity index (χ0v) is 6.77. The topological polar surface area (TPSA) is 68.9 Å². The van der Waals surface area contributed by atoms with Crippen molar-refractivity contribution >= 4 is 23.1 Å². The summed E-state index contributed by atoms with van der Waals surface area (Å²) < 4.78 is 0. The average molecular weight is 173 g/mol. The summed E-state index contributed by atoms with van der Waals surface area (Å²) in [7, 11) is 0. The van der Waals surface area contributed by atoms with Crippen molar-refractivity contribution in [2.75, 3.05) is 5.73 Å². The standard InChI is InChI=1S/C9H7N3O/c10-9-4-11-8-3-6(5-13)1-2-7(8)12-9/h1-5H,(H2,10,12). The molecule has 0 unspecified atom stereocenters. The maximum Gasteiger partial charge on any atom is 0.150 e. The molecule has 0 aliphatic heterocycles. The molecule has 4 nitrogen and oxygen atoms in total. The van der Waals surface area contributed by atoms with Crippen molar-refractivity contribution in [1.29, 1.82) is 0 Å². The number of carbonyl (C=O) groups excluding carboxylic acids is 1. The molecule has 0 saturated heterocycles. The van der Waals surface area contributed by atoms with Crippen LogP contribution in [0.25, 0.3) is 11.0 Å². The molecule has 64 valence electrons. The van der Waals surface area contributed by atoms with E-state index in [0.717, 1.165) is 6.29 Å². The van der Waals surface area contributed by atoms with Gasteiger partial charge in [0, 0.05) is 5.56 Å². The average Bonchev–Trinajstić information content (AvgIpc) is 2.17. The molecule has 0 amide bonds. The van der Waals surface area contributed by atoms with Crippen LogP contribution in [0, 0.1) is 0 Å². The third kappa shape index (κ3) is 1.33. The molecule has 1 heterocycles. The molecule has 13 heavy (non-hydrogen) atoms. The highest BCUT2D eigenvalue weighted by Gasteiger charge is 1.98. The Balaban J connectivity index is 2.73. The summed E-state index contributed by atoms with van der Waals surface area (Å²) in [6.45, 7) is 0. The minimum atomic E-state index is 0.381. The van der Waals surface area contributed by atoms with E-state index < -0.39 is 0 Å². The fraction of sp³-hybridized carbons (Fsp3) is 0. The Morgan fingerprint density at radius 2 is 2.15 bits per heavy atom. The Morgan fingerprint density at radius 3 is 2.92 bits per heavy atom. The van der Waals surface area contributed by atoms with Crippen molar-refractivity contribution in [3.05, 3.63) is 30.0 Å². The Kier molecular flexibility index (Phi) is 1.66. The van der Waals surface area contributed by atoms with Crippen LogP contribution in [0.1, 0.15) is 10.4 Å². The quantitative estimate of drug-likeness (QED) is 0.654. The van der Waals surface area contributed by atoms with Gasteiger partial charge in [-0.1, -0.05) is 0 Å². The number of nitrogens with zero attached hydrogens (tertiary/aromatic N) is 2. The molecule has 2 N–H and O–H groups in total. The molecule has 0 bridgehead atoms. The Labute approximate surface area is 74.4 Å². The maximum atomic E-state index is 10.4. The molecule has 2 aromatic rings. The summed E-state index contributed by atoms with van der Waals surface area (Å²) in [6.07, 6.45) is 2.24. The van der Waals surface area contributed by atoms with E-state index in [2.05, 4.69) is 9.97 Å². The highest BCUT2D eigenvalue weighted by Crippen LogP contribution is 2.11. The lowest BCUT2D eigenvalue weighted by Gasteiger charge is -1.97. The fourth-order valence-corrected chi connectivity index (χ4v) is 1.12. The number of hydrogen-bond donors (Lipinski definition) is 1. The van der Waals surface area contributed by atoms with E-state index in [1.54, 1.807) is 18.2 Å². The summed E-state index contributed by atoms with van der Waals surface area (Å²) >= 11 is 0. The summed E-state index contributed by atoms with van der Waals surface area (Å²) in [5.74, 6) is 0.381. The molecule has 0 aliphatic carbocycles. The van der Waals surface area contributed by atoms with Gasteiger partial charge in [0.1, 0.15) is 12.1 Å². The zero-order valence-electron chi connectivity index (χ0n) is 6.77. The molecule has 0 spiro atoms. The zero-order chi connectivity index (χ0) is 9.26. The summed E-state index contributed by atoms with van der Waals surface area (Å²) in [4.78, 5) is 18.5. The van der Waals surface area contributed by atoms with Crippen LogP contribution in [-0.2, 0) is 0 Å². The number of aromatic nitrogens is 2. The first kappa shape index (κ1) is 7.67. The van der Waals surface area contributed by atoms with Gasteiger partial charge in [-0.3, -0.25) is 9.78 Å². The summed E-state index contributed by atoms with van der Waals surface area (Å²) in [5, 5.41) is 0. The normalized spacial score (nSPS) is 10.2. The monoisotopic (exact) mass is 173 g/mol. The number of rotatable bonds is 1. The summed E-state index contributed by atoms with van der Waals surface area (Å²) in [6, 6.07) is 5.08. The first-order valence-corrected chi connectivity index (χ1v) is 3.77. The van der Waals surface area contributed by atoms with Crippen LogP contribution in [-0.4, -0.2) is 16.3 Å². The SMILES string of the molecule is Nc1cnc2cc(C=O)ccc2n1. The lowest BCUT2D eigenvalue weighted by atomic mass is 10.2. The lowest BCUT2D eigenvalue weighted by molar-refractivity contribution is 0.112. The summed E-state index contributed by atoms with van der Waals surface area (Å²) in [5.41, 5.74) is 7.42. The molecule has 0 radical (unpaired) electrons. The largest absolute Gasteiger partial charge is 0.382 e. The molecule has 2 rings (SSSR count). The minimum Gasteiger partial charge on any atom is -0.382 e. The fourth-order valence-electron chi connectivity index (χ4n) is 1.12. The van der Waals surface area contributed by atoms with Crippen LogP contribution in [0.5, 0.6) is 0 Å². The van der Waals surface area contributed by atoms with Crippen LogP contribution >= 0.6 is 0 Å². The Morgan fingerprint density at radius 1 is 1.31 bits per heavy atom. The smallest absolute Gasteiger partial charge is 0.150 e. The van der Waals surface area contributed by atoms with Gasteiger partial charge < -0.3 is 5.73 Å². The third-order valence-electron chi connectivity index (χ3n) is 1.72. The maximum absolute atomic E-state index is 10.4. The van der Waals surface area contributed by atoms with Gasteiger partial charge in [-0.05, 0) is 18.2 Å². The van der Waals surface area contributed by atoms with Gasteiger partial charge in [-0.2, -0.15) is 0 Å². The van der Waals surface area contributed by atoms with E-state index in [4.69, 9.17) is 5.73 Å². The van der Waals surface area contributed by atoms with E-state index in [0.29, 0.717) is 22.4 Å². The van der Waals surface area contributed by atoms with Crippen molar-refractivity contribution in [3.8, 4) is 0 Å². The predicted molar refractivity (Wildman–Crippen MR) is 49.3 cm³/mol. The molecule has 0 atom stereocenters. The van der Waals surface area contributed by atoms with E-state index >= 15 is 0 Å². The highest BCUT2D eigenvalue weighted by atomic mass is 16.1. The molecule has 0 fully saturated rings. The van der Waals surface area contributed by atoms with Crippen LogP contribution in [0.3, 0.4) is 0 Å². The lowest BCUT2D eigenvalue weighted by Crippen LogP contribution is -1.92. The first-order valence-electron chi connectivity index (χ1n) is 3.77.